The molecule has 1 N–H and O–H groups in total. The van der Waals surface area contributed by atoms with E-state index in [1.165, 1.54) is 30.7 Å². The number of guanidine groups is 1. The second-order valence-corrected chi connectivity index (χ2v) is 8.86. The van der Waals surface area contributed by atoms with Gasteiger partial charge in [0, 0.05) is 43.6 Å². The maximum atomic E-state index is 4.61. The van der Waals surface area contributed by atoms with Gasteiger partial charge in [0.25, 0.3) is 0 Å². The van der Waals surface area contributed by atoms with E-state index in [4.69, 9.17) is 0 Å². The molecular formula is C21H38IN5S. The normalized spacial score (nSPS) is 26.5. The van der Waals surface area contributed by atoms with Gasteiger partial charge in [-0.25, -0.2) is 0 Å². The number of likely N-dealkylation sites (N-methyl/N-ethyl adjacent to an activating group) is 1. The maximum absolute atomic E-state index is 4.61. The molecule has 2 aliphatic heterocycles. The van der Waals surface area contributed by atoms with Crippen LogP contribution in [0.4, 0.5) is 0 Å². The summed E-state index contributed by atoms with van der Waals surface area (Å²) in [6, 6.07) is 5.68. The fourth-order valence-corrected chi connectivity index (χ4v) is 5.89. The first-order valence-corrected chi connectivity index (χ1v) is 11.5. The Labute approximate surface area is 192 Å². The molecule has 0 bridgehead atoms. The van der Waals surface area contributed by atoms with Crippen molar-refractivity contribution < 1.29 is 0 Å². The lowest BCUT2D eigenvalue weighted by Crippen LogP contribution is -2.47. The summed E-state index contributed by atoms with van der Waals surface area (Å²) < 4.78 is 0. The third-order valence-electron chi connectivity index (χ3n) is 6.37. The van der Waals surface area contributed by atoms with E-state index >= 15 is 0 Å². The first-order chi connectivity index (χ1) is 13.2. The van der Waals surface area contributed by atoms with Crippen molar-refractivity contribution >= 4 is 41.3 Å². The summed E-state index contributed by atoms with van der Waals surface area (Å²) in [7, 11) is 4.21. The van der Waals surface area contributed by atoms with Gasteiger partial charge in [-0.15, -0.1) is 35.3 Å². The molecule has 1 aromatic rings. The first kappa shape index (κ1) is 23.9. The lowest BCUT2D eigenvalue weighted by molar-refractivity contribution is 0.124. The van der Waals surface area contributed by atoms with Crippen molar-refractivity contribution in [1.29, 1.82) is 0 Å². The lowest BCUT2D eigenvalue weighted by Gasteiger charge is -2.39. The molecule has 0 saturated carbocycles. The molecule has 2 fully saturated rings. The van der Waals surface area contributed by atoms with Crippen LogP contribution in [-0.4, -0.2) is 80.1 Å². The van der Waals surface area contributed by atoms with Gasteiger partial charge in [-0.05, 0) is 63.3 Å². The Bertz CT molecular complexity index is 590. The van der Waals surface area contributed by atoms with Crippen LogP contribution in [0, 0.1) is 5.92 Å². The van der Waals surface area contributed by atoms with E-state index in [1.807, 2.05) is 18.4 Å². The molecule has 5 nitrogen and oxygen atoms in total. The summed E-state index contributed by atoms with van der Waals surface area (Å²) in [6.07, 6.45) is 3.82. The average molecular weight is 520 g/mol. The van der Waals surface area contributed by atoms with E-state index < -0.39 is 0 Å². The Kier molecular flexibility index (Phi) is 10.00. The highest BCUT2D eigenvalue weighted by atomic mass is 127. The van der Waals surface area contributed by atoms with Gasteiger partial charge in [0.2, 0.25) is 0 Å². The predicted molar refractivity (Wildman–Crippen MR) is 132 cm³/mol. The zero-order chi connectivity index (χ0) is 19.2. The maximum Gasteiger partial charge on any atom is 0.193 e. The van der Waals surface area contributed by atoms with Crippen LogP contribution < -0.4 is 5.32 Å². The number of likely N-dealkylation sites (tertiary alicyclic amines) is 2. The van der Waals surface area contributed by atoms with Crippen LogP contribution in [0.15, 0.2) is 22.5 Å². The molecule has 0 amide bonds. The molecule has 0 radical (unpaired) electrons. The summed E-state index contributed by atoms with van der Waals surface area (Å²) >= 11 is 1.90. The van der Waals surface area contributed by atoms with Gasteiger partial charge in [0.1, 0.15) is 0 Å². The van der Waals surface area contributed by atoms with Gasteiger partial charge < -0.3 is 10.2 Å². The van der Waals surface area contributed by atoms with Crippen molar-refractivity contribution in [2.75, 3.05) is 53.4 Å². The topological polar surface area (TPSA) is 34.1 Å². The molecule has 1 aromatic heterocycles. The zero-order valence-electron chi connectivity index (χ0n) is 17.9. The second kappa shape index (κ2) is 11.7. The molecule has 3 rings (SSSR count). The standard InChI is InChI=1S/C21H37N5S.HI/c1-5-25(6-2)18-11-13-26(16-18)21(22-3)23-15-17-9-7-12-24(4)20(17)19-10-8-14-27-19;/h8,10,14,17-18,20H,5-7,9,11-13,15-16H2,1-4H3,(H,22,23);1H. The molecule has 0 aromatic carbocycles. The molecule has 3 heterocycles. The molecule has 0 spiro atoms. The van der Waals surface area contributed by atoms with Gasteiger partial charge in [0.15, 0.2) is 5.96 Å². The fraction of sp³-hybridized carbons (Fsp3) is 0.762. The Morgan fingerprint density at radius 1 is 1.29 bits per heavy atom. The van der Waals surface area contributed by atoms with E-state index in [-0.39, 0.29) is 24.0 Å². The van der Waals surface area contributed by atoms with Crippen molar-refractivity contribution in [1.82, 2.24) is 20.0 Å². The Hall–Kier alpha value is -0.380. The molecule has 2 saturated heterocycles. The van der Waals surface area contributed by atoms with E-state index in [0.29, 0.717) is 18.0 Å². The van der Waals surface area contributed by atoms with E-state index in [1.54, 1.807) is 0 Å². The molecule has 7 heteroatoms. The minimum absolute atomic E-state index is 0. The van der Waals surface area contributed by atoms with E-state index in [0.717, 1.165) is 38.7 Å². The van der Waals surface area contributed by atoms with Crippen molar-refractivity contribution in [2.45, 2.75) is 45.2 Å². The number of halogens is 1. The first-order valence-electron chi connectivity index (χ1n) is 10.6. The van der Waals surface area contributed by atoms with Crippen LogP contribution in [0.3, 0.4) is 0 Å². The number of nitrogens with one attached hydrogen (secondary N) is 1. The zero-order valence-corrected chi connectivity index (χ0v) is 21.1. The molecular weight excluding hydrogens is 481 g/mol. The highest BCUT2D eigenvalue weighted by Crippen LogP contribution is 2.36. The molecule has 0 aliphatic carbocycles. The van der Waals surface area contributed by atoms with Crippen molar-refractivity contribution in [3.63, 3.8) is 0 Å². The summed E-state index contributed by atoms with van der Waals surface area (Å²) in [6.45, 7) is 11.2. The molecule has 3 unspecified atom stereocenters. The number of aliphatic imine (C=N–C) groups is 1. The number of hydrogen-bond donors (Lipinski definition) is 1. The quantitative estimate of drug-likeness (QED) is 0.353. The van der Waals surface area contributed by atoms with Crippen LogP contribution >= 0.6 is 35.3 Å². The van der Waals surface area contributed by atoms with Crippen molar-refractivity contribution in [3.05, 3.63) is 22.4 Å². The van der Waals surface area contributed by atoms with Crippen LogP contribution in [0.2, 0.25) is 0 Å². The largest absolute Gasteiger partial charge is 0.356 e. The Morgan fingerprint density at radius 2 is 2.07 bits per heavy atom. The summed E-state index contributed by atoms with van der Waals surface area (Å²) in [5.41, 5.74) is 0. The fourth-order valence-electron chi connectivity index (χ4n) is 4.91. The Morgan fingerprint density at radius 3 is 2.71 bits per heavy atom. The van der Waals surface area contributed by atoms with Gasteiger partial charge in [0.05, 0.1) is 0 Å². The molecule has 2 aliphatic rings. The Balaban J connectivity index is 0.00000280. The lowest BCUT2D eigenvalue weighted by atomic mass is 9.88. The van der Waals surface area contributed by atoms with Crippen molar-refractivity contribution in [2.24, 2.45) is 10.9 Å². The monoisotopic (exact) mass is 519 g/mol. The van der Waals surface area contributed by atoms with Gasteiger partial charge >= 0.3 is 0 Å². The van der Waals surface area contributed by atoms with E-state index in [9.17, 15) is 0 Å². The number of hydrogen-bond acceptors (Lipinski definition) is 4. The smallest absolute Gasteiger partial charge is 0.193 e. The molecule has 3 atom stereocenters. The summed E-state index contributed by atoms with van der Waals surface area (Å²) in [4.78, 5) is 13.7. The van der Waals surface area contributed by atoms with Gasteiger partial charge in [-0.3, -0.25) is 14.8 Å². The van der Waals surface area contributed by atoms with Crippen LogP contribution in [0.5, 0.6) is 0 Å². The highest BCUT2D eigenvalue weighted by Gasteiger charge is 2.32. The molecule has 160 valence electrons. The number of nitrogens with zero attached hydrogens (tertiary/aromatic N) is 4. The number of thiophene rings is 1. The summed E-state index contributed by atoms with van der Waals surface area (Å²) in [5.74, 6) is 1.73. The third-order valence-corrected chi connectivity index (χ3v) is 7.31. The average Bonchev–Trinajstić information content (AvgIpc) is 3.36. The number of rotatable bonds is 6. The van der Waals surface area contributed by atoms with Gasteiger partial charge in [-0.2, -0.15) is 0 Å². The minimum Gasteiger partial charge on any atom is -0.356 e. The van der Waals surface area contributed by atoms with Crippen LogP contribution in [-0.2, 0) is 0 Å². The third kappa shape index (κ3) is 5.61. The molecule has 28 heavy (non-hydrogen) atoms. The van der Waals surface area contributed by atoms with Crippen molar-refractivity contribution in [3.8, 4) is 0 Å². The van der Waals surface area contributed by atoms with Crippen LogP contribution in [0.25, 0.3) is 0 Å². The minimum atomic E-state index is 0. The summed E-state index contributed by atoms with van der Waals surface area (Å²) in [5, 5.41) is 5.93. The van der Waals surface area contributed by atoms with Crippen LogP contribution in [0.1, 0.15) is 44.0 Å². The number of piperidine rings is 1. The SMILES string of the molecule is CCN(CC)C1CCN(C(=NC)NCC2CCCN(C)C2c2cccs2)C1.I. The predicted octanol–water partition coefficient (Wildman–Crippen LogP) is 3.74. The van der Waals surface area contributed by atoms with Gasteiger partial charge in [-0.1, -0.05) is 19.9 Å². The highest BCUT2D eigenvalue weighted by molar-refractivity contribution is 14.0. The van der Waals surface area contributed by atoms with E-state index in [2.05, 4.69) is 63.4 Å². The second-order valence-electron chi connectivity index (χ2n) is 7.88.